The van der Waals surface area contributed by atoms with Crippen LogP contribution in [0.15, 0.2) is 24.3 Å². The number of nitrogens with one attached hydrogen (secondary N) is 1. The fraction of sp³-hybridized carbons (Fsp3) is 0.188. The Hall–Kier alpha value is -2.20. The molecule has 2 aromatic carbocycles. The zero-order valence-electron chi connectivity index (χ0n) is 11.8. The Bertz CT molecular complexity index is 733. The van der Waals surface area contributed by atoms with Gasteiger partial charge in [-0.05, 0) is 48.7 Å². The summed E-state index contributed by atoms with van der Waals surface area (Å²) >= 11 is 6.02. The number of fused-ring (bicyclic) bond motifs is 1. The molecule has 1 amide bonds. The molecule has 3 N–H and O–H groups in total. The number of nitrogen functional groups attached to an aromatic ring is 1. The normalized spacial score (nSPS) is 13.0. The molecule has 3 rings (SSSR count). The van der Waals surface area contributed by atoms with Crippen LogP contribution in [0.4, 0.5) is 11.4 Å². The van der Waals surface area contributed by atoms with Crippen molar-refractivity contribution >= 4 is 28.9 Å². The number of aryl methyl sites for hydroxylation is 2. The van der Waals surface area contributed by atoms with E-state index in [2.05, 4.69) is 5.32 Å². The van der Waals surface area contributed by atoms with Gasteiger partial charge in [0.25, 0.3) is 0 Å². The molecular formula is C16H15ClN2O2. The van der Waals surface area contributed by atoms with Crippen LogP contribution in [0.3, 0.4) is 0 Å². The van der Waals surface area contributed by atoms with Gasteiger partial charge >= 0.3 is 0 Å². The van der Waals surface area contributed by atoms with E-state index in [-0.39, 0.29) is 5.91 Å². The van der Waals surface area contributed by atoms with Crippen molar-refractivity contribution < 1.29 is 9.53 Å². The van der Waals surface area contributed by atoms with Crippen molar-refractivity contribution in [3.8, 4) is 11.5 Å². The van der Waals surface area contributed by atoms with E-state index in [4.69, 9.17) is 22.1 Å². The van der Waals surface area contributed by atoms with Crippen molar-refractivity contribution in [2.45, 2.75) is 20.3 Å². The summed E-state index contributed by atoms with van der Waals surface area (Å²) < 4.78 is 5.95. The van der Waals surface area contributed by atoms with Crippen LogP contribution < -0.4 is 15.8 Å². The molecule has 4 nitrogen and oxygen atoms in total. The van der Waals surface area contributed by atoms with Gasteiger partial charge in [-0.25, -0.2) is 0 Å². The second-order valence-electron chi connectivity index (χ2n) is 5.24. The quantitative estimate of drug-likeness (QED) is 0.829. The van der Waals surface area contributed by atoms with Crippen LogP contribution in [0.5, 0.6) is 11.5 Å². The second-order valence-corrected chi connectivity index (χ2v) is 5.68. The molecule has 108 valence electrons. The summed E-state index contributed by atoms with van der Waals surface area (Å²) in [5.74, 6) is 1.24. The summed E-state index contributed by atoms with van der Waals surface area (Å²) in [6.45, 7) is 3.86. The van der Waals surface area contributed by atoms with E-state index in [1.807, 2.05) is 26.0 Å². The van der Waals surface area contributed by atoms with Gasteiger partial charge in [0.2, 0.25) is 5.91 Å². The molecule has 1 heterocycles. The topological polar surface area (TPSA) is 64.3 Å². The van der Waals surface area contributed by atoms with E-state index >= 15 is 0 Å². The van der Waals surface area contributed by atoms with Crippen LogP contribution in [0.1, 0.15) is 16.7 Å². The van der Waals surface area contributed by atoms with Crippen LogP contribution in [0, 0.1) is 13.8 Å². The number of amides is 1. The summed E-state index contributed by atoms with van der Waals surface area (Å²) in [6, 6.07) is 7.23. The van der Waals surface area contributed by atoms with Crippen LogP contribution in [0.25, 0.3) is 0 Å². The van der Waals surface area contributed by atoms with Gasteiger partial charge in [0.1, 0.15) is 5.75 Å². The standard InChI is InChI=1S/C16H15ClN2O2/c1-8-3-11(17)4-9(2)16(8)21-14-7-13-10(5-12(14)18)6-15(20)19-13/h3-5,7H,6,18H2,1-2H3,(H,19,20). The number of anilines is 2. The molecule has 1 aliphatic rings. The number of rotatable bonds is 2. The second kappa shape index (κ2) is 4.97. The van der Waals surface area contributed by atoms with Crippen LogP contribution >= 0.6 is 11.6 Å². The highest BCUT2D eigenvalue weighted by Gasteiger charge is 2.20. The van der Waals surface area contributed by atoms with E-state index < -0.39 is 0 Å². The maximum atomic E-state index is 11.4. The molecular weight excluding hydrogens is 288 g/mol. The molecule has 0 aliphatic carbocycles. The number of hydrogen-bond donors (Lipinski definition) is 2. The van der Waals surface area contributed by atoms with Crippen molar-refractivity contribution in [2.24, 2.45) is 0 Å². The van der Waals surface area contributed by atoms with Crippen molar-refractivity contribution in [3.63, 3.8) is 0 Å². The molecule has 0 atom stereocenters. The first-order valence-electron chi connectivity index (χ1n) is 6.61. The first-order valence-corrected chi connectivity index (χ1v) is 6.98. The van der Waals surface area contributed by atoms with Crippen LogP contribution in [0.2, 0.25) is 5.02 Å². The van der Waals surface area contributed by atoms with E-state index in [1.165, 1.54) is 0 Å². The van der Waals surface area contributed by atoms with Crippen molar-refractivity contribution in [2.75, 3.05) is 11.1 Å². The lowest BCUT2D eigenvalue weighted by atomic mass is 10.1. The highest BCUT2D eigenvalue weighted by atomic mass is 35.5. The molecule has 0 fully saturated rings. The summed E-state index contributed by atoms with van der Waals surface area (Å²) in [5.41, 5.74) is 10.1. The summed E-state index contributed by atoms with van der Waals surface area (Å²) in [6.07, 6.45) is 0.360. The minimum Gasteiger partial charge on any atom is -0.455 e. The number of nitrogens with two attached hydrogens (primary N) is 1. The van der Waals surface area contributed by atoms with Crippen molar-refractivity contribution in [1.82, 2.24) is 0 Å². The van der Waals surface area contributed by atoms with Gasteiger partial charge in [-0.3, -0.25) is 4.79 Å². The Kier molecular flexibility index (Phi) is 3.26. The zero-order chi connectivity index (χ0) is 15.1. The smallest absolute Gasteiger partial charge is 0.228 e. The molecule has 2 aromatic rings. The van der Waals surface area contributed by atoms with Crippen LogP contribution in [-0.2, 0) is 11.2 Å². The van der Waals surface area contributed by atoms with Gasteiger partial charge < -0.3 is 15.8 Å². The third-order valence-electron chi connectivity index (χ3n) is 3.50. The van der Waals surface area contributed by atoms with E-state index in [9.17, 15) is 4.79 Å². The lowest BCUT2D eigenvalue weighted by Gasteiger charge is -2.15. The molecule has 21 heavy (non-hydrogen) atoms. The highest BCUT2D eigenvalue weighted by Crippen LogP contribution is 2.38. The largest absolute Gasteiger partial charge is 0.455 e. The van der Waals surface area contributed by atoms with Crippen molar-refractivity contribution in [3.05, 3.63) is 46.0 Å². The molecule has 0 unspecified atom stereocenters. The predicted octanol–water partition coefficient (Wildman–Crippen LogP) is 3.83. The number of carbonyl (C=O) groups is 1. The van der Waals surface area contributed by atoms with Crippen molar-refractivity contribution in [1.29, 1.82) is 0 Å². The first kappa shape index (κ1) is 13.8. The number of ether oxygens (including phenoxy) is 1. The van der Waals surface area contributed by atoms with E-state index in [0.29, 0.717) is 22.9 Å². The minimum absolute atomic E-state index is 0.0274. The summed E-state index contributed by atoms with van der Waals surface area (Å²) in [4.78, 5) is 11.4. The molecule has 0 saturated carbocycles. The maximum absolute atomic E-state index is 11.4. The number of hydrogen-bond acceptors (Lipinski definition) is 3. The van der Waals surface area contributed by atoms with Gasteiger partial charge in [0, 0.05) is 16.8 Å². The molecule has 0 spiro atoms. The zero-order valence-corrected chi connectivity index (χ0v) is 12.5. The minimum atomic E-state index is -0.0274. The SMILES string of the molecule is Cc1cc(Cl)cc(C)c1Oc1cc2c(cc1N)CC(=O)N2. The monoisotopic (exact) mass is 302 g/mol. The van der Waals surface area contributed by atoms with E-state index in [0.717, 1.165) is 28.1 Å². The molecule has 1 aliphatic heterocycles. The first-order chi connectivity index (χ1) is 9.94. The summed E-state index contributed by atoms with van der Waals surface area (Å²) in [5, 5.41) is 3.47. The van der Waals surface area contributed by atoms with Gasteiger partial charge in [-0.2, -0.15) is 0 Å². The molecule has 0 saturated heterocycles. The molecule has 0 bridgehead atoms. The van der Waals surface area contributed by atoms with Gasteiger partial charge in [-0.15, -0.1) is 0 Å². The third-order valence-corrected chi connectivity index (χ3v) is 3.72. The van der Waals surface area contributed by atoms with Gasteiger partial charge in [-0.1, -0.05) is 11.6 Å². The lowest BCUT2D eigenvalue weighted by molar-refractivity contribution is -0.115. The molecule has 0 aromatic heterocycles. The summed E-state index contributed by atoms with van der Waals surface area (Å²) in [7, 11) is 0. The Morgan fingerprint density at radius 1 is 1.19 bits per heavy atom. The number of benzene rings is 2. The Labute approximate surface area is 127 Å². The highest BCUT2D eigenvalue weighted by molar-refractivity contribution is 6.30. The fourth-order valence-corrected chi connectivity index (χ4v) is 2.86. The predicted molar refractivity (Wildman–Crippen MR) is 84.2 cm³/mol. The molecule has 5 heteroatoms. The fourth-order valence-electron chi connectivity index (χ4n) is 2.53. The number of halogens is 1. The maximum Gasteiger partial charge on any atom is 0.228 e. The Balaban J connectivity index is 2.00. The lowest BCUT2D eigenvalue weighted by Crippen LogP contribution is -2.03. The molecule has 0 radical (unpaired) electrons. The average Bonchev–Trinajstić information content (AvgIpc) is 2.72. The van der Waals surface area contributed by atoms with E-state index in [1.54, 1.807) is 12.1 Å². The van der Waals surface area contributed by atoms with Gasteiger partial charge in [0.15, 0.2) is 5.75 Å². The average molecular weight is 303 g/mol. The number of carbonyl (C=O) groups excluding carboxylic acids is 1. The van der Waals surface area contributed by atoms with Crippen LogP contribution in [-0.4, -0.2) is 5.91 Å². The Morgan fingerprint density at radius 3 is 2.52 bits per heavy atom. The third kappa shape index (κ3) is 2.54. The van der Waals surface area contributed by atoms with Gasteiger partial charge in [0.05, 0.1) is 12.1 Å². The Morgan fingerprint density at radius 2 is 1.86 bits per heavy atom.